The van der Waals surface area contributed by atoms with E-state index in [9.17, 15) is 4.79 Å². The molecule has 1 aliphatic heterocycles. The Morgan fingerprint density at radius 1 is 1.17 bits per heavy atom. The predicted molar refractivity (Wildman–Crippen MR) is 69.9 cm³/mol. The van der Waals surface area contributed by atoms with Gasteiger partial charge in [0.15, 0.2) is 0 Å². The minimum absolute atomic E-state index is 0.0706. The topological polar surface area (TPSA) is 52.6 Å². The van der Waals surface area contributed by atoms with Gasteiger partial charge in [-0.2, -0.15) is 0 Å². The van der Waals surface area contributed by atoms with E-state index in [0.29, 0.717) is 13.1 Å². The van der Waals surface area contributed by atoms with Gasteiger partial charge in [0.05, 0.1) is 13.2 Å². The number of nitrogens with zero attached hydrogens (tertiary/aromatic N) is 1. The molecule has 0 aromatic heterocycles. The number of carbonyl (C=O) groups is 1. The van der Waals surface area contributed by atoms with Crippen molar-refractivity contribution < 1.29 is 9.90 Å². The van der Waals surface area contributed by atoms with Crippen molar-refractivity contribution in [2.24, 2.45) is 0 Å². The van der Waals surface area contributed by atoms with Gasteiger partial charge >= 0.3 is 0 Å². The van der Waals surface area contributed by atoms with Crippen molar-refractivity contribution in [2.75, 3.05) is 19.6 Å². The lowest BCUT2D eigenvalue weighted by Crippen LogP contribution is -2.35. The maximum atomic E-state index is 11.8. The lowest BCUT2D eigenvalue weighted by Gasteiger charge is -2.15. The normalized spacial score (nSPS) is 15.1. The molecule has 1 aliphatic rings. The minimum Gasteiger partial charge on any atom is -0.392 e. The molecule has 0 aliphatic carbocycles. The number of aliphatic hydroxyl groups excluding tert-OH is 1. The summed E-state index contributed by atoms with van der Waals surface area (Å²) in [6.45, 7) is 2.98. The summed E-state index contributed by atoms with van der Waals surface area (Å²) < 4.78 is 0. The van der Waals surface area contributed by atoms with Crippen molar-refractivity contribution in [3.63, 3.8) is 0 Å². The molecule has 0 radical (unpaired) electrons. The van der Waals surface area contributed by atoms with Gasteiger partial charge in [-0.3, -0.25) is 4.79 Å². The average molecular weight is 248 g/mol. The quantitative estimate of drug-likeness (QED) is 0.813. The molecule has 4 heteroatoms. The molecule has 2 N–H and O–H groups in total. The lowest BCUT2D eigenvalue weighted by molar-refractivity contribution is -0.129. The molecule has 1 amide bonds. The Hall–Kier alpha value is -1.39. The Labute approximate surface area is 108 Å². The van der Waals surface area contributed by atoms with Gasteiger partial charge in [0, 0.05) is 19.6 Å². The molecule has 2 rings (SSSR count). The first-order valence-electron chi connectivity index (χ1n) is 6.47. The monoisotopic (exact) mass is 248 g/mol. The highest BCUT2D eigenvalue weighted by Gasteiger charge is 2.16. The van der Waals surface area contributed by atoms with Crippen LogP contribution in [-0.4, -0.2) is 35.5 Å². The SMILES string of the molecule is O=C(CNCc1ccc(CO)cc1)N1CCCC1. The van der Waals surface area contributed by atoms with Crippen LogP contribution in [-0.2, 0) is 17.9 Å². The molecule has 0 atom stereocenters. The Balaban J connectivity index is 1.72. The van der Waals surface area contributed by atoms with Gasteiger partial charge in [0.25, 0.3) is 0 Å². The number of likely N-dealkylation sites (tertiary alicyclic amines) is 1. The predicted octanol–water partition coefficient (Wildman–Crippen LogP) is 0.891. The smallest absolute Gasteiger partial charge is 0.236 e. The van der Waals surface area contributed by atoms with Crippen molar-refractivity contribution in [1.29, 1.82) is 0 Å². The third-order valence-corrected chi connectivity index (χ3v) is 3.27. The summed E-state index contributed by atoms with van der Waals surface area (Å²) in [5.41, 5.74) is 2.04. The number of nitrogens with one attached hydrogen (secondary N) is 1. The Bertz CT molecular complexity index is 383. The molecule has 0 unspecified atom stereocenters. The maximum absolute atomic E-state index is 11.8. The zero-order chi connectivity index (χ0) is 12.8. The van der Waals surface area contributed by atoms with Crippen LogP contribution in [0.5, 0.6) is 0 Å². The second-order valence-corrected chi connectivity index (χ2v) is 4.67. The molecule has 1 aromatic carbocycles. The van der Waals surface area contributed by atoms with Crippen molar-refractivity contribution >= 4 is 5.91 Å². The van der Waals surface area contributed by atoms with Crippen LogP contribution in [0.1, 0.15) is 24.0 Å². The highest BCUT2D eigenvalue weighted by atomic mass is 16.3. The van der Waals surface area contributed by atoms with Gasteiger partial charge in [0.1, 0.15) is 0 Å². The van der Waals surface area contributed by atoms with Crippen molar-refractivity contribution in [3.05, 3.63) is 35.4 Å². The molecule has 0 bridgehead atoms. The average Bonchev–Trinajstić information content (AvgIpc) is 2.93. The zero-order valence-corrected chi connectivity index (χ0v) is 10.6. The molecule has 1 heterocycles. The molecule has 1 aromatic rings. The molecule has 18 heavy (non-hydrogen) atoms. The molecule has 1 saturated heterocycles. The lowest BCUT2D eigenvalue weighted by atomic mass is 10.1. The number of aliphatic hydroxyl groups is 1. The van der Waals surface area contributed by atoms with Gasteiger partial charge in [-0.1, -0.05) is 24.3 Å². The first-order chi connectivity index (χ1) is 8.79. The van der Waals surface area contributed by atoms with Gasteiger partial charge in [0.2, 0.25) is 5.91 Å². The van der Waals surface area contributed by atoms with E-state index in [-0.39, 0.29) is 12.5 Å². The molecular weight excluding hydrogens is 228 g/mol. The van der Waals surface area contributed by atoms with E-state index in [1.807, 2.05) is 29.2 Å². The first-order valence-corrected chi connectivity index (χ1v) is 6.47. The van der Waals surface area contributed by atoms with Crippen LogP contribution in [0.4, 0.5) is 0 Å². The second kappa shape index (κ2) is 6.52. The number of rotatable bonds is 5. The number of carbonyl (C=O) groups excluding carboxylic acids is 1. The van der Waals surface area contributed by atoms with Crippen LogP contribution in [0.25, 0.3) is 0 Å². The van der Waals surface area contributed by atoms with E-state index < -0.39 is 0 Å². The standard InChI is InChI=1S/C14H20N2O2/c17-11-13-5-3-12(4-6-13)9-15-10-14(18)16-7-1-2-8-16/h3-6,15,17H,1-2,7-11H2. The summed E-state index contributed by atoms with van der Waals surface area (Å²) >= 11 is 0. The van der Waals surface area contributed by atoms with Gasteiger partial charge in [-0.15, -0.1) is 0 Å². The van der Waals surface area contributed by atoms with E-state index in [1.165, 1.54) is 0 Å². The summed E-state index contributed by atoms with van der Waals surface area (Å²) in [6, 6.07) is 7.75. The molecule has 98 valence electrons. The number of amides is 1. The highest BCUT2D eigenvalue weighted by Crippen LogP contribution is 2.07. The molecular formula is C14H20N2O2. The van der Waals surface area contributed by atoms with Crippen molar-refractivity contribution in [3.8, 4) is 0 Å². The molecule has 0 spiro atoms. The summed E-state index contributed by atoms with van der Waals surface area (Å²) in [6.07, 6.45) is 2.27. The Morgan fingerprint density at radius 2 is 1.78 bits per heavy atom. The third kappa shape index (κ3) is 3.55. The fourth-order valence-corrected chi connectivity index (χ4v) is 2.15. The van der Waals surface area contributed by atoms with E-state index in [2.05, 4.69) is 5.32 Å². The van der Waals surface area contributed by atoms with Crippen LogP contribution in [0.15, 0.2) is 24.3 Å². The van der Waals surface area contributed by atoms with Crippen LogP contribution < -0.4 is 5.32 Å². The van der Waals surface area contributed by atoms with E-state index in [1.54, 1.807) is 0 Å². The van der Waals surface area contributed by atoms with E-state index in [4.69, 9.17) is 5.11 Å². The summed E-state index contributed by atoms with van der Waals surface area (Å²) in [4.78, 5) is 13.7. The minimum atomic E-state index is 0.0706. The van der Waals surface area contributed by atoms with Gasteiger partial charge < -0.3 is 15.3 Å². The fraction of sp³-hybridized carbons (Fsp3) is 0.500. The van der Waals surface area contributed by atoms with E-state index in [0.717, 1.165) is 37.1 Å². The molecule has 0 saturated carbocycles. The maximum Gasteiger partial charge on any atom is 0.236 e. The van der Waals surface area contributed by atoms with E-state index >= 15 is 0 Å². The molecule has 1 fully saturated rings. The fourth-order valence-electron chi connectivity index (χ4n) is 2.15. The highest BCUT2D eigenvalue weighted by molar-refractivity contribution is 5.78. The van der Waals surface area contributed by atoms with Gasteiger partial charge in [-0.25, -0.2) is 0 Å². The third-order valence-electron chi connectivity index (χ3n) is 3.27. The van der Waals surface area contributed by atoms with Gasteiger partial charge in [-0.05, 0) is 24.0 Å². The van der Waals surface area contributed by atoms with Crippen LogP contribution >= 0.6 is 0 Å². The largest absolute Gasteiger partial charge is 0.392 e. The van der Waals surface area contributed by atoms with Crippen LogP contribution in [0.3, 0.4) is 0 Å². The van der Waals surface area contributed by atoms with Crippen molar-refractivity contribution in [2.45, 2.75) is 26.0 Å². The summed E-state index contributed by atoms with van der Waals surface area (Å²) in [5.74, 6) is 0.194. The first kappa shape index (κ1) is 13.1. The molecule has 4 nitrogen and oxygen atoms in total. The summed E-state index contributed by atoms with van der Waals surface area (Å²) in [7, 11) is 0. The van der Waals surface area contributed by atoms with Crippen LogP contribution in [0, 0.1) is 0 Å². The number of hydrogen-bond donors (Lipinski definition) is 2. The van der Waals surface area contributed by atoms with Crippen LogP contribution in [0.2, 0.25) is 0 Å². The Kier molecular flexibility index (Phi) is 4.73. The number of benzene rings is 1. The second-order valence-electron chi connectivity index (χ2n) is 4.67. The van der Waals surface area contributed by atoms with Crippen molar-refractivity contribution in [1.82, 2.24) is 10.2 Å². The Morgan fingerprint density at radius 3 is 2.39 bits per heavy atom. The summed E-state index contributed by atoms with van der Waals surface area (Å²) in [5, 5.41) is 12.1. The zero-order valence-electron chi connectivity index (χ0n) is 10.6. The number of hydrogen-bond acceptors (Lipinski definition) is 3.